The quantitative estimate of drug-likeness (QED) is 0.745. The van der Waals surface area contributed by atoms with E-state index in [1.807, 2.05) is 0 Å². The van der Waals surface area contributed by atoms with Gasteiger partial charge in [0.1, 0.15) is 11.6 Å². The van der Waals surface area contributed by atoms with Gasteiger partial charge in [-0.1, -0.05) is 0 Å². The Kier molecular flexibility index (Phi) is 3.28. The van der Waals surface area contributed by atoms with Crippen molar-refractivity contribution in [3.8, 4) is 11.4 Å². The zero-order valence-corrected chi connectivity index (χ0v) is 10.3. The molecule has 19 heavy (non-hydrogen) atoms. The number of nitrogen functional groups attached to an aromatic ring is 2. The molecule has 5 N–H and O–H groups in total. The summed E-state index contributed by atoms with van der Waals surface area (Å²) < 4.78 is 6.46. The number of anilines is 2. The lowest BCUT2D eigenvalue weighted by Crippen LogP contribution is -2.06. The van der Waals surface area contributed by atoms with Crippen LogP contribution in [-0.4, -0.2) is 28.0 Å². The molecule has 7 heteroatoms. The number of hydrogen-bond donors (Lipinski definition) is 3. The number of rotatable bonds is 4. The Morgan fingerprint density at radius 2 is 2.00 bits per heavy atom. The number of aromatic nitrogens is 2. The molecule has 0 saturated carbocycles. The highest BCUT2D eigenvalue weighted by molar-refractivity contribution is 5.75. The van der Waals surface area contributed by atoms with E-state index in [9.17, 15) is 4.79 Å². The third-order valence-electron chi connectivity index (χ3n) is 2.70. The normalized spacial score (nSPS) is 10.4. The van der Waals surface area contributed by atoms with E-state index in [4.69, 9.17) is 21.3 Å². The van der Waals surface area contributed by atoms with Crippen molar-refractivity contribution >= 4 is 17.6 Å². The van der Waals surface area contributed by atoms with Gasteiger partial charge in [0.05, 0.1) is 19.2 Å². The second kappa shape index (κ2) is 4.89. The molecular weight excluding hydrogens is 248 g/mol. The molecule has 0 bridgehead atoms. The molecule has 0 amide bonds. The predicted octanol–water partition coefficient (Wildman–Crippen LogP) is 0.672. The van der Waals surface area contributed by atoms with Gasteiger partial charge in [0, 0.05) is 5.56 Å². The summed E-state index contributed by atoms with van der Waals surface area (Å²) in [5.74, 6) is 0.0432. The molecule has 0 fully saturated rings. The summed E-state index contributed by atoms with van der Waals surface area (Å²) in [6, 6.07) is 7.02. The predicted molar refractivity (Wildman–Crippen MR) is 70.3 cm³/mol. The number of carbonyl (C=O) groups is 1. The summed E-state index contributed by atoms with van der Waals surface area (Å²) >= 11 is 0. The average molecular weight is 262 g/mol. The standard InChI is InChI=1S/C12H14N4O3/c1-19-8-4-2-7(3-5-8)16-12(14)9(6-10(17)18)11(13)15-16/h2-5H,6,14H2,1H3,(H2,13,15)(H,17,18). The van der Waals surface area contributed by atoms with E-state index >= 15 is 0 Å². The van der Waals surface area contributed by atoms with Crippen molar-refractivity contribution < 1.29 is 14.6 Å². The molecule has 100 valence electrons. The van der Waals surface area contributed by atoms with Crippen LogP contribution in [0, 0.1) is 0 Å². The SMILES string of the molecule is COc1ccc(-n2nc(N)c(CC(=O)O)c2N)cc1. The Morgan fingerprint density at radius 1 is 1.37 bits per heavy atom. The Labute approximate surface area is 109 Å². The molecule has 7 nitrogen and oxygen atoms in total. The number of nitrogens with zero attached hydrogens (tertiary/aromatic N) is 2. The molecule has 0 aliphatic carbocycles. The molecule has 0 atom stereocenters. The molecular formula is C12H14N4O3. The van der Waals surface area contributed by atoms with Gasteiger partial charge in [-0.05, 0) is 24.3 Å². The lowest BCUT2D eigenvalue weighted by atomic mass is 10.2. The summed E-state index contributed by atoms with van der Waals surface area (Å²) in [5, 5.41) is 12.9. The smallest absolute Gasteiger partial charge is 0.308 e. The molecule has 0 aliphatic rings. The van der Waals surface area contributed by atoms with Crippen molar-refractivity contribution in [3.63, 3.8) is 0 Å². The Morgan fingerprint density at radius 3 is 2.53 bits per heavy atom. The van der Waals surface area contributed by atoms with Gasteiger partial charge in [-0.15, -0.1) is 5.10 Å². The van der Waals surface area contributed by atoms with Gasteiger partial charge in [0.25, 0.3) is 0 Å². The molecule has 0 unspecified atom stereocenters. The number of carboxylic acid groups (broad SMARTS) is 1. The molecule has 2 rings (SSSR count). The number of aliphatic carboxylic acids is 1. The fraction of sp³-hybridized carbons (Fsp3) is 0.167. The monoisotopic (exact) mass is 262 g/mol. The van der Waals surface area contributed by atoms with E-state index < -0.39 is 5.97 Å². The van der Waals surface area contributed by atoms with Crippen LogP contribution >= 0.6 is 0 Å². The van der Waals surface area contributed by atoms with E-state index in [1.165, 1.54) is 4.68 Å². The maximum atomic E-state index is 10.7. The van der Waals surface area contributed by atoms with Gasteiger partial charge >= 0.3 is 5.97 Å². The van der Waals surface area contributed by atoms with Crippen LogP contribution in [0.15, 0.2) is 24.3 Å². The van der Waals surface area contributed by atoms with Gasteiger partial charge in [0.15, 0.2) is 5.82 Å². The summed E-state index contributed by atoms with van der Waals surface area (Å²) in [5.41, 5.74) is 12.6. The minimum absolute atomic E-state index is 0.121. The van der Waals surface area contributed by atoms with Crippen molar-refractivity contribution in [2.45, 2.75) is 6.42 Å². The largest absolute Gasteiger partial charge is 0.497 e. The molecule has 0 spiro atoms. The van der Waals surface area contributed by atoms with Crippen molar-refractivity contribution in [1.82, 2.24) is 9.78 Å². The third-order valence-corrected chi connectivity index (χ3v) is 2.70. The highest BCUT2D eigenvalue weighted by Gasteiger charge is 2.17. The fourth-order valence-corrected chi connectivity index (χ4v) is 1.73. The number of carboxylic acids is 1. The van der Waals surface area contributed by atoms with E-state index in [1.54, 1.807) is 31.4 Å². The maximum Gasteiger partial charge on any atom is 0.308 e. The average Bonchev–Trinajstić information content (AvgIpc) is 2.66. The molecule has 0 aliphatic heterocycles. The first-order valence-electron chi connectivity index (χ1n) is 5.52. The number of ether oxygens (including phenoxy) is 1. The van der Waals surface area contributed by atoms with Crippen LogP contribution in [-0.2, 0) is 11.2 Å². The van der Waals surface area contributed by atoms with E-state index in [-0.39, 0.29) is 18.1 Å². The molecule has 2 aromatic rings. The van der Waals surface area contributed by atoms with Gasteiger partial charge in [-0.3, -0.25) is 4.79 Å². The molecule has 0 radical (unpaired) electrons. The van der Waals surface area contributed by atoms with E-state index in [0.717, 1.165) is 0 Å². The Hall–Kier alpha value is -2.70. The lowest BCUT2D eigenvalue weighted by molar-refractivity contribution is -0.136. The van der Waals surface area contributed by atoms with Crippen LogP contribution in [0.25, 0.3) is 5.69 Å². The second-order valence-corrected chi connectivity index (χ2v) is 3.93. The van der Waals surface area contributed by atoms with Crippen LogP contribution in [0.5, 0.6) is 5.75 Å². The molecule has 1 aromatic heterocycles. The minimum atomic E-state index is -1.01. The third kappa shape index (κ3) is 2.44. The van der Waals surface area contributed by atoms with E-state index in [2.05, 4.69) is 5.10 Å². The van der Waals surface area contributed by atoms with Gasteiger partial charge in [-0.2, -0.15) is 0 Å². The summed E-state index contributed by atoms with van der Waals surface area (Å²) in [6.45, 7) is 0. The van der Waals surface area contributed by atoms with Crippen LogP contribution < -0.4 is 16.2 Å². The number of methoxy groups -OCH3 is 1. The van der Waals surface area contributed by atoms with Crippen molar-refractivity contribution in [3.05, 3.63) is 29.8 Å². The lowest BCUT2D eigenvalue weighted by Gasteiger charge is -2.05. The first-order chi connectivity index (χ1) is 9.02. The fourth-order valence-electron chi connectivity index (χ4n) is 1.73. The van der Waals surface area contributed by atoms with Crippen LogP contribution in [0.3, 0.4) is 0 Å². The number of benzene rings is 1. The molecule has 0 saturated heterocycles. The Balaban J connectivity index is 2.42. The first kappa shape index (κ1) is 12.7. The van der Waals surface area contributed by atoms with Gasteiger partial charge in [-0.25, -0.2) is 4.68 Å². The summed E-state index contributed by atoms with van der Waals surface area (Å²) in [6.07, 6.45) is -0.256. The summed E-state index contributed by atoms with van der Waals surface area (Å²) in [4.78, 5) is 10.7. The van der Waals surface area contributed by atoms with Gasteiger partial charge < -0.3 is 21.3 Å². The summed E-state index contributed by atoms with van der Waals surface area (Å²) in [7, 11) is 1.57. The maximum absolute atomic E-state index is 10.7. The highest BCUT2D eigenvalue weighted by Crippen LogP contribution is 2.24. The number of hydrogen-bond acceptors (Lipinski definition) is 5. The van der Waals surface area contributed by atoms with Crippen LogP contribution in [0.1, 0.15) is 5.56 Å². The van der Waals surface area contributed by atoms with Crippen molar-refractivity contribution in [2.75, 3.05) is 18.6 Å². The molecule has 1 aromatic carbocycles. The van der Waals surface area contributed by atoms with Gasteiger partial charge in [0.2, 0.25) is 0 Å². The second-order valence-electron chi connectivity index (χ2n) is 3.93. The first-order valence-corrected chi connectivity index (χ1v) is 5.52. The van der Waals surface area contributed by atoms with Crippen molar-refractivity contribution in [1.29, 1.82) is 0 Å². The van der Waals surface area contributed by atoms with E-state index in [0.29, 0.717) is 17.0 Å². The zero-order chi connectivity index (χ0) is 14.0. The highest BCUT2D eigenvalue weighted by atomic mass is 16.5. The minimum Gasteiger partial charge on any atom is -0.497 e. The zero-order valence-electron chi connectivity index (χ0n) is 10.3. The van der Waals surface area contributed by atoms with Crippen LogP contribution in [0.2, 0.25) is 0 Å². The topological polar surface area (TPSA) is 116 Å². The van der Waals surface area contributed by atoms with Crippen LogP contribution in [0.4, 0.5) is 11.6 Å². The Bertz CT molecular complexity index is 604. The number of nitrogens with two attached hydrogens (primary N) is 2. The molecule has 1 heterocycles. The van der Waals surface area contributed by atoms with Crippen molar-refractivity contribution in [2.24, 2.45) is 0 Å².